The van der Waals surface area contributed by atoms with Crippen LogP contribution >= 0.6 is 11.6 Å². The van der Waals surface area contributed by atoms with E-state index in [4.69, 9.17) is 16.6 Å². The summed E-state index contributed by atoms with van der Waals surface area (Å²) in [6, 6.07) is 12.8. The fourth-order valence-electron chi connectivity index (χ4n) is 6.76. The average Bonchev–Trinajstić information content (AvgIpc) is 3.08. The lowest BCUT2D eigenvalue weighted by Crippen LogP contribution is -2.37. The first-order chi connectivity index (χ1) is 16.5. The molecule has 2 fully saturated rings. The Balaban J connectivity index is 1.48. The van der Waals surface area contributed by atoms with Crippen molar-refractivity contribution in [2.45, 2.75) is 50.4 Å². The highest BCUT2D eigenvalue weighted by atomic mass is 35.5. The Kier molecular flexibility index (Phi) is 5.45. The number of benzene rings is 2. The van der Waals surface area contributed by atoms with Gasteiger partial charge in [-0.25, -0.2) is 0 Å². The Morgan fingerprint density at radius 3 is 2.59 bits per heavy atom. The molecule has 178 valence electrons. The van der Waals surface area contributed by atoms with Gasteiger partial charge < -0.3 is 9.80 Å². The van der Waals surface area contributed by atoms with E-state index in [9.17, 15) is 4.79 Å². The van der Waals surface area contributed by atoms with Crippen LogP contribution in [0.25, 0.3) is 16.6 Å². The van der Waals surface area contributed by atoms with E-state index in [-0.39, 0.29) is 11.0 Å². The Morgan fingerprint density at radius 1 is 1.09 bits per heavy atom. The third-order valence-electron chi connectivity index (χ3n) is 8.34. The van der Waals surface area contributed by atoms with Crippen molar-refractivity contribution in [1.82, 2.24) is 14.5 Å². The molecule has 1 saturated carbocycles. The smallest absolute Gasteiger partial charge is 0.282 e. The molecule has 2 aromatic carbocycles. The molecule has 1 saturated heterocycles. The summed E-state index contributed by atoms with van der Waals surface area (Å²) < 4.78 is 2.26. The number of aromatic nitrogens is 2. The third-order valence-corrected chi connectivity index (χ3v) is 8.66. The average molecular weight is 477 g/mol. The van der Waals surface area contributed by atoms with Crippen LogP contribution in [0.3, 0.4) is 0 Å². The first kappa shape index (κ1) is 22.1. The van der Waals surface area contributed by atoms with Gasteiger partial charge in [-0.3, -0.25) is 9.36 Å². The summed E-state index contributed by atoms with van der Waals surface area (Å²) in [6.45, 7) is 3.34. The molecule has 0 unspecified atom stereocenters. The number of nitrogens with zero attached hydrogens (tertiary/aromatic N) is 4. The fourth-order valence-corrected chi connectivity index (χ4v) is 7.01. The molecule has 3 aliphatic rings. The standard InChI is InChI=1S/C28H33ClN4O/c1-31(2)18-19-11-15-32(16-12-19)20-9-10-21-24(17-20)33-23-8-6-7-22(29)25(23)26(34)30-27(33)28(21)13-4-3-5-14-28/h6-10,17,19H,3-5,11-16,18H2,1-2H3. The zero-order chi connectivity index (χ0) is 23.4. The van der Waals surface area contributed by atoms with E-state index in [0.29, 0.717) is 10.4 Å². The Labute approximate surface area is 206 Å². The summed E-state index contributed by atoms with van der Waals surface area (Å²) in [7, 11) is 4.33. The molecule has 1 aromatic heterocycles. The number of hydrogen-bond donors (Lipinski definition) is 0. The quantitative estimate of drug-likeness (QED) is 0.509. The molecule has 5 nitrogen and oxygen atoms in total. The van der Waals surface area contributed by atoms with Crippen molar-refractivity contribution < 1.29 is 0 Å². The SMILES string of the molecule is CN(C)CC1CCN(c2ccc3c(c2)-n2c(nc(=O)c4c(Cl)cccc42)C32CCCCC2)CC1. The number of rotatable bonds is 3. The number of piperidine rings is 1. The molecule has 34 heavy (non-hydrogen) atoms. The highest BCUT2D eigenvalue weighted by Crippen LogP contribution is 2.52. The number of fused-ring (bicyclic) bond motifs is 7. The second-order valence-corrected chi connectivity index (χ2v) is 11.2. The van der Waals surface area contributed by atoms with E-state index in [1.54, 1.807) is 6.07 Å². The zero-order valence-electron chi connectivity index (χ0n) is 20.2. The molecule has 1 spiro atoms. The molecule has 3 aromatic rings. The van der Waals surface area contributed by atoms with Crippen molar-refractivity contribution in [1.29, 1.82) is 0 Å². The maximum absolute atomic E-state index is 13.1. The molecule has 0 amide bonds. The van der Waals surface area contributed by atoms with Gasteiger partial charge in [0, 0.05) is 25.3 Å². The van der Waals surface area contributed by atoms with Crippen LogP contribution < -0.4 is 10.5 Å². The lowest BCUT2D eigenvalue weighted by atomic mass is 9.70. The molecule has 0 bridgehead atoms. The lowest BCUT2D eigenvalue weighted by molar-refractivity contribution is 0.285. The maximum Gasteiger partial charge on any atom is 0.282 e. The number of halogens is 1. The van der Waals surface area contributed by atoms with Crippen LogP contribution in [0.2, 0.25) is 5.02 Å². The molecule has 6 rings (SSSR count). The minimum absolute atomic E-state index is 0.166. The van der Waals surface area contributed by atoms with Gasteiger partial charge >= 0.3 is 0 Å². The highest BCUT2D eigenvalue weighted by molar-refractivity contribution is 6.35. The van der Waals surface area contributed by atoms with E-state index >= 15 is 0 Å². The summed E-state index contributed by atoms with van der Waals surface area (Å²) in [5, 5.41) is 1.01. The first-order valence-electron chi connectivity index (χ1n) is 12.7. The zero-order valence-corrected chi connectivity index (χ0v) is 20.9. The summed E-state index contributed by atoms with van der Waals surface area (Å²) in [5.74, 6) is 1.69. The minimum atomic E-state index is -0.201. The second-order valence-electron chi connectivity index (χ2n) is 10.7. The van der Waals surface area contributed by atoms with Crippen LogP contribution in [0, 0.1) is 5.92 Å². The molecular weight excluding hydrogens is 444 g/mol. The number of hydrogen-bond acceptors (Lipinski definition) is 4. The van der Waals surface area contributed by atoms with Gasteiger partial charge in [0.2, 0.25) is 0 Å². The van der Waals surface area contributed by atoms with Gasteiger partial charge in [-0.1, -0.05) is 43.0 Å². The van der Waals surface area contributed by atoms with Gasteiger partial charge in [0.15, 0.2) is 0 Å². The van der Waals surface area contributed by atoms with Gasteiger partial charge in [-0.05, 0) is 75.5 Å². The van der Waals surface area contributed by atoms with Gasteiger partial charge in [0.25, 0.3) is 5.56 Å². The minimum Gasteiger partial charge on any atom is -0.371 e. The Morgan fingerprint density at radius 2 is 1.85 bits per heavy atom. The Hall–Kier alpha value is -2.37. The predicted molar refractivity (Wildman–Crippen MR) is 140 cm³/mol. The van der Waals surface area contributed by atoms with Crippen molar-refractivity contribution in [3.8, 4) is 5.69 Å². The summed E-state index contributed by atoms with van der Waals surface area (Å²) in [6.07, 6.45) is 8.14. The summed E-state index contributed by atoms with van der Waals surface area (Å²) in [5.41, 5.74) is 4.30. The normalized spacial score (nSPS) is 19.7. The van der Waals surface area contributed by atoms with E-state index < -0.39 is 0 Å². The van der Waals surface area contributed by atoms with Crippen LogP contribution in [0.15, 0.2) is 41.2 Å². The van der Waals surface area contributed by atoms with E-state index in [1.807, 2.05) is 12.1 Å². The molecule has 0 N–H and O–H groups in total. The van der Waals surface area contributed by atoms with Crippen LogP contribution in [0.5, 0.6) is 0 Å². The Bertz CT molecular complexity index is 1300. The molecule has 1 aliphatic carbocycles. The van der Waals surface area contributed by atoms with Crippen LogP contribution in [-0.2, 0) is 5.41 Å². The van der Waals surface area contributed by atoms with Crippen molar-refractivity contribution in [3.05, 3.63) is 63.2 Å². The summed E-state index contributed by atoms with van der Waals surface area (Å²) >= 11 is 6.51. The third kappa shape index (κ3) is 3.39. The van der Waals surface area contributed by atoms with Crippen molar-refractivity contribution >= 4 is 28.2 Å². The maximum atomic E-state index is 13.1. The van der Waals surface area contributed by atoms with Gasteiger partial charge in [0.1, 0.15) is 5.82 Å². The van der Waals surface area contributed by atoms with Crippen LogP contribution in [0.4, 0.5) is 5.69 Å². The van der Waals surface area contributed by atoms with E-state index in [0.717, 1.165) is 43.2 Å². The molecule has 6 heteroatoms. The fraction of sp³-hybridized carbons (Fsp3) is 0.500. The van der Waals surface area contributed by atoms with Crippen molar-refractivity contribution in [2.75, 3.05) is 38.6 Å². The molecular formula is C28H33ClN4O. The summed E-state index contributed by atoms with van der Waals surface area (Å²) in [4.78, 5) is 22.7. The van der Waals surface area contributed by atoms with Crippen LogP contribution in [0.1, 0.15) is 56.3 Å². The monoisotopic (exact) mass is 476 g/mol. The van der Waals surface area contributed by atoms with Crippen LogP contribution in [-0.4, -0.2) is 48.2 Å². The van der Waals surface area contributed by atoms with Gasteiger partial charge in [-0.15, -0.1) is 0 Å². The van der Waals surface area contributed by atoms with Gasteiger partial charge in [0.05, 0.1) is 27.0 Å². The number of anilines is 1. The molecule has 3 heterocycles. The molecule has 0 atom stereocenters. The predicted octanol–water partition coefficient (Wildman–Crippen LogP) is 5.38. The van der Waals surface area contributed by atoms with Crippen molar-refractivity contribution in [3.63, 3.8) is 0 Å². The topological polar surface area (TPSA) is 41.4 Å². The molecule has 0 radical (unpaired) electrons. The van der Waals surface area contributed by atoms with Crippen molar-refractivity contribution in [2.24, 2.45) is 5.92 Å². The second kappa shape index (κ2) is 8.39. The van der Waals surface area contributed by atoms with E-state index in [1.165, 1.54) is 55.6 Å². The first-order valence-corrected chi connectivity index (χ1v) is 13.1. The largest absolute Gasteiger partial charge is 0.371 e. The highest BCUT2D eigenvalue weighted by Gasteiger charge is 2.46. The lowest BCUT2D eigenvalue weighted by Gasteiger charge is -2.35. The van der Waals surface area contributed by atoms with E-state index in [2.05, 4.69) is 46.7 Å². The van der Waals surface area contributed by atoms with Gasteiger partial charge in [-0.2, -0.15) is 4.98 Å². The molecule has 2 aliphatic heterocycles.